The smallest absolute Gasteiger partial charge is 0.115 e. The number of aromatic nitrogens is 5. The SMILES string of the molecule is CC(C)CNCc1cnnn1-c1cncnc1. The minimum Gasteiger partial charge on any atom is -0.311 e. The van der Waals surface area contributed by atoms with Crippen molar-refractivity contribution in [3.8, 4) is 5.69 Å². The molecule has 2 aromatic rings. The van der Waals surface area contributed by atoms with Crippen molar-refractivity contribution in [3.05, 3.63) is 30.6 Å². The van der Waals surface area contributed by atoms with Gasteiger partial charge in [0.1, 0.15) is 12.0 Å². The summed E-state index contributed by atoms with van der Waals surface area (Å²) in [6, 6.07) is 0. The fourth-order valence-corrected chi connectivity index (χ4v) is 1.48. The van der Waals surface area contributed by atoms with Gasteiger partial charge in [0.2, 0.25) is 0 Å². The van der Waals surface area contributed by atoms with E-state index in [0.717, 1.165) is 24.5 Å². The molecular formula is C11H16N6. The zero-order valence-corrected chi connectivity index (χ0v) is 10.0. The van der Waals surface area contributed by atoms with Crippen molar-refractivity contribution < 1.29 is 0 Å². The summed E-state index contributed by atoms with van der Waals surface area (Å²) in [5.74, 6) is 0.624. The molecule has 6 nitrogen and oxygen atoms in total. The van der Waals surface area contributed by atoms with Crippen LogP contribution in [0.4, 0.5) is 0 Å². The van der Waals surface area contributed by atoms with Crippen LogP contribution in [0.3, 0.4) is 0 Å². The van der Waals surface area contributed by atoms with Gasteiger partial charge in [-0.25, -0.2) is 14.6 Å². The molecule has 90 valence electrons. The molecule has 0 aromatic carbocycles. The third kappa shape index (κ3) is 3.07. The van der Waals surface area contributed by atoms with Crippen molar-refractivity contribution in [1.29, 1.82) is 0 Å². The van der Waals surface area contributed by atoms with Crippen molar-refractivity contribution in [2.75, 3.05) is 6.54 Å². The van der Waals surface area contributed by atoms with Crippen LogP contribution in [-0.2, 0) is 6.54 Å². The Bertz CT molecular complexity index is 450. The molecule has 0 aliphatic carbocycles. The zero-order valence-electron chi connectivity index (χ0n) is 10.0. The van der Waals surface area contributed by atoms with E-state index in [-0.39, 0.29) is 0 Å². The van der Waals surface area contributed by atoms with Crippen LogP contribution in [0.25, 0.3) is 5.69 Å². The number of hydrogen-bond acceptors (Lipinski definition) is 5. The summed E-state index contributed by atoms with van der Waals surface area (Å²) in [7, 11) is 0. The summed E-state index contributed by atoms with van der Waals surface area (Å²) in [5.41, 5.74) is 1.83. The predicted octanol–water partition coefficient (Wildman–Crippen LogP) is 0.803. The van der Waals surface area contributed by atoms with Crippen molar-refractivity contribution in [2.45, 2.75) is 20.4 Å². The van der Waals surface area contributed by atoms with Gasteiger partial charge in [0.05, 0.1) is 24.3 Å². The van der Waals surface area contributed by atoms with Gasteiger partial charge in [0.25, 0.3) is 0 Å². The van der Waals surface area contributed by atoms with Crippen LogP contribution in [0, 0.1) is 5.92 Å². The minimum atomic E-state index is 0.624. The molecule has 0 spiro atoms. The van der Waals surface area contributed by atoms with E-state index in [1.54, 1.807) is 23.3 Å². The lowest BCUT2D eigenvalue weighted by molar-refractivity contribution is 0.542. The summed E-state index contributed by atoms with van der Waals surface area (Å²) in [6.45, 7) is 6.05. The lowest BCUT2D eigenvalue weighted by Gasteiger charge is -2.08. The van der Waals surface area contributed by atoms with Crippen molar-refractivity contribution >= 4 is 0 Å². The van der Waals surface area contributed by atoms with Gasteiger partial charge < -0.3 is 5.32 Å². The molecule has 0 bridgehead atoms. The molecule has 0 fully saturated rings. The van der Waals surface area contributed by atoms with Gasteiger partial charge in [-0.1, -0.05) is 19.1 Å². The van der Waals surface area contributed by atoms with Crippen LogP contribution < -0.4 is 5.32 Å². The maximum absolute atomic E-state index is 4.03. The monoisotopic (exact) mass is 232 g/mol. The normalized spacial score (nSPS) is 11.0. The van der Waals surface area contributed by atoms with E-state index >= 15 is 0 Å². The fourth-order valence-electron chi connectivity index (χ4n) is 1.48. The van der Waals surface area contributed by atoms with Crippen LogP contribution in [0.15, 0.2) is 24.9 Å². The van der Waals surface area contributed by atoms with Gasteiger partial charge >= 0.3 is 0 Å². The Morgan fingerprint density at radius 2 is 2.00 bits per heavy atom. The number of nitrogens with one attached hydrogen (secondary N) is 1. The highest BCUT2D eigenvalue weighted by Gasteiger charge is 2.06. The summed E-state index contributed by atoms with van der Waals surface area (Å²) in [4.78, 5) is 7.94. The molecule has 0 radical (unpaired) electrons. The number of rotatable bonds is 5. The molecule has 2 aromatic heterocycles. The molecule has 0 saturated heterocycles. The van der Waals surface area contributed by atoms with Crippen LogP contribution in [0.1, 0.15) is 19.5 Å². The fraction of sp³-hybridized carbons (Fsp3) is 0.455. The first-order valence-corrected chi connectivity index (χ1v) is 5.63. The molecule has 0 unspecified atom stereocenters. The van der Waals surface area contributed by atoms with Crippen LogP contribution in [0.2, 0.25) is 0 Å². The van der Waals surface area contributed by atoms with Gasteiger partial charge in [0, 0.05) is 6.54 Å². The van der Waals surface area contributed by atoms with E-state index < -0.39 is 0 Å². The first-order valence-electron chi connectivity index (χ1n) is 5.63. The van der Waals surface area contributed by atoms with Crippen molar-refractivity contribution in [3.63, 3.8) is 0 Å². The maximum atomic E-state index is 4.03. The summed E-state index contributed by atoms with van der Waals surface area (Å²) in [6.07, 6.45) is 6.68. The molecular weight excluding hydrogens is 216 g/mol. The first kappa shape index (κ1) is 11.7. The Labute approximate surface area is 100 Å². The van der Waals surface area contributed by atoms with Gasteiger partial charge in [0.15, 0.2) is 0 Å². The Hall–Kier alpha value is -1.82. The highest BCUT2D eigenvalue weighted by molar-refractivity contribution is 5.24. The van der Waals surface area contributed by atoms with E-state index in [1.807, 2.05) is 0 Å². The quantitative estimate of drug-likeness (QED) is 0.826. The van der Waals surface area contributed by atoms with Gasteiger partial charge in [-0.05, 0) is 12.5 Å². The van der Waals surface area contributed by atoms with Gasteiger partial charge in [-0.15, -0.1) is 5.10 Å². The Kier molecular flexibility index (Phi) is 3.77. The minimum absolute atomic E-state index is 0.624. The van der Waals surface area contributed by atoms with E-state index in [1.165, 1.54) is 6.33 Å². The van der Waals surface area contributed by atoms with Crippen molar-refractivity contribution in [2.24, 2.45) is 5.92 Å². The summed E-state index contributed by atoms with van der Waals surface area (Å²) in [5, 5.41) is 11.3. The lowest BCUT2D eigenvalue weighted by atomic mass is 10.2. The summed E-state index contributed by atoms with van der Waals surface area (Å²) >= 11 is 0. The largest absolute Gasteiger partial charge is 0.311 e. The predicted molar refractivity (Wildman–Crippen MR) is 63.5 cm³/mol. The Morgan fingerprint density at radius 1 is 1.24 bits per heavy atom. The Morgan fingerprint density at radius 3 is 2.71 bits per heavy atom. The molecule has 2 rings (SSSR count). The third-order valence-electron chi connectivity index (χ3n) is 2.27. The number of hydrogen-bond donors (Lipinski definition) is 1. The van der Waals surface area contributed by atoms with Crippen molar-refractivity contribution in [1.82, 2.24) is 30.3 Å². The zero-order chi connectivity index (χ0) is 12.1. The molecule has 0 aliphatic rings. The van der Waals surface area contributed by atoms with Gasteiger partial charge in [-0.3, -0.25) is 0 Å². The second-order valence-electron chi connectivity index (χ2n) is 4.26. The lowest BCUT2D eigenvalue weighted by Crippen LogP contribution is -2.20. The highest BCUT2D eigenvalue weighted by Crippen LogP contribution is 2.05. The molecule has 0 amide bonds. The number of nitrogens with zero attached hydrogens (tertiary/aromatic N) is 5. The van der Waals surface area contributed by atoms with E-state index in [9.17, 15) is 0 Å². The average molecular weight is 232 g/mol. The second kappa shape index (κ2) is 5.49. The molecule has 2 heterocycles. The van der Waals surface area contributed by atoms with Crippen LogP contribution >= 0.6 is 0 Å². The third-order valence-corrected chi connectivity index (χ3v) is 2.27. The van der Waals surface area contributed by atoms with E-state index in [4.69, 9.17) is 0 Å². The molecule has 0 aliphatic heterocycles. The van der Waals surface area contributed by atoms with Crippen LogP contribution in [0.5, 0.6) is 0 Å². The Balaban J connectivity index is 2.07. The second-order valence-corrected chi connectivity index (χ2v) is 4.26. The van der Waals surface area contributed by atoms with E-state index in [2.05, 4.69) is 39.4 Å². The van der Waals surface area contributed by atoms with Gasteiger partial charge in [-0.2, -0.15) is 0 Å². The topological polar surface area (TPSA) is 68.5 Å². The van der Waals surface area contributed by atoms with Crippen LogP contribution in [-0.4, -0.2) is 31.5 Å². The molecule has 0 atom stereocenters. The molecule has 17 heavy (non-hydrogen) atoms. The molecule has 6 heteroatoms. The highest BCUT2D eigenvalue weighted by atomic mass is 15.4. The average Bonchev–Trinajstić information content (AvgIpc) is 2.78. The molecule has 0 saturated carbocycles. The standard InChI is InChI=1S/C11H16N6/c1-9(2)3-12-4-11-7-15-16-17(11)10-5-13-8-14-6-10/h5-9,12H,3-4H2,1-2H3. The summed E-state index contributed by atoms with van der Waals surface area (Å²) < 4.78 is 1.74. The maximum Gasteiger partial charge on any atom is 0.115 e. The molecule has 1 N–H and O–H groups in total. The van der Waals surface area contributed by atoms with E-state index in [0.29, 0.717) is 5.92 Å². The first-order chi connectivity index (χ1) is 8.27.